The van der Waals surface area contributed by atoms with Gasteiger partial charge in [-0.2, -0.15) is 4.98 Å². The van der Waals surface area contributed by atoms with Gasteiger partial charge in [-0.05, 0) is 34.3 Å². The zero-order valence-corrected chi connectivity index (χ0v) is 11.7. The molecule has 1 unspecified atom stereocenters. The minimum Gasteiger partial charge on any atom is -0.480 e. The number of halogens is 1. The maximum Gasteiger partial charge on any atom is 0.232 e. The maximum absolute atomic E-state index is 5.79. The predicted octanol–water partition coefficient (Wildman–Crippen LogP) is 1.42. The van der Waals surface area contributed by atoms with Crippen LogP contribution in [0.25, 0.3) is 0 Å². The first kappa shape index (κ1) is 12.6. The van der Waals surface area contributed by atoms with Crippen LogP contribution in [0, 0.1) is 5.41 Å². The molecule has 1 saturated heterocycles. The molecular weight excluding hydrogens is 284 g/mol. The molecule has 17 heavy (non-hydrogen) atoms. The van der Waals surface area contributed by atoms with Crippen LogP contribution >= 0.6 is 15.9 Å². The van der Waals surface area contributed by atoms with Gasteiger partial charge >= 0.3 is 0 Å². The second kappa shape index (κ2) is 4.78. The molecule has 0 aliphatic carbocycles. The smallest absolute Gasteiger partial charge is 0.232 e. The zero-order valence-electron chi connectivity index (χ0n) is 10.1. The Balaban J connectivity index is 2.19. The van der Waals surface area contributed by atoms with Crippen LogP contribution < -0.4 is 15.4 Å². The highest BCUT2D eigenvalue weighted by atomic mass is 79.9. The molecule has 6 heteroatoms. The predicted molar refractivity (Wildman–Crippen MR) is 70.3 cm³/mol. The van der Waals surface area contributed by atoms with Crippen molar-refractivity contribution >= 4 is 21.9 Å². The third-order valence-corrected chi connectivity index (χ3v) is 3.77. The summed E-state index contributed by atoms with van der Waals surface area (Å²) >= 11 is 3.35. The Labute approximate surface area is 110 Å². The van der Waals surface area contributed by atoms with Gasteiger partial charge in [0, 0.05) is 13.1 Å². The molecule has 0 spiro atoms. The van der Waals surface area contributed by atoms with Crippen molar-refractivity contribution in [3.8, 4) is 5.88 Å². The molecule has 0 amide bonds. The highest BCUT2D eigenvalue weighted by molar-refractivity contribution is 9.10. The second-order valence-corrected chi connectivity index (χ2v) is 5.57. The minimum absolute atomic E-state index is 0.170. The molecule has 2 heterocycles. The Hall–Kier alpha value is -0.880. The number of rotatable bonds is 3. The lowest BCUT2D eigenvalue weighted by Gasteiger charge is -2.22. The van der Waals surface area contributed by atoms with Gasteiger partial charge < -0.3 is 15.4 Å². The summed E-state index contributed by atoms with van der Waals surface area (Å²) in [6, 6.07) is 0. The summed E-state index contributed by atoms with van der Waals surface area (Å²) < 4.78 is 5.94. The summed E-state index contributed by atoms with van der Waals surface area (Å²) in [4.78, 5) is 10.8. The third-order valence-electron chi connectivity index (χ3n) is 3.23. The summed E-state index contributed by atoms with van der Waals surface area (Å²) in [5.41, 5.74) is 5.96. The summed E-state index contributed by atoms with van der Waals surface area (Å²) in [6.45, 7) is 4.73. The van der Waals surface area contributed by atoms with Crippen molar-refractivity contribution < 1.29 is 4.74 Å². The number of nitrogens with two attached hydrogens (primary N) is 1. The van der Waals surface area contributed by atoms with E-state index in [2.05, 4.69) is 37.7 Å². The van der Waals surface area contributed by atoms with Crippen LogP contribution in [0.15, 0.2) is 10.7 Å². The number of methoxy groups -OCH3 is 1. The van der Waals surface area contributed by atoms with Crippen molar-refractivity contribution in [3.05, 3.63) is 10.7 Å². The topological polar surface area (TPSA) is 64.3 Å². The summed E-state index contributed by atoms with van der Waals surface area (Å²) in [5.74, 6) is 1.28. The van der Waals surface area contributed by atoms with Crippen LogP contribution in [0.3, 0.4) is 0 Å². The van der Waals surface area contributed by atoms with Gasteiger partial charge in [0.1, 0.15) is 0 Å². The maximum atomic E-state index is 5.79. The van der Waals surface area contributed by atoms with Crippen LogP contribution in [0.4, 0.5) is 5.95 Å². The molecule has 1 aromatic heterocycles. The number of ether oxygens (including phenoxy) is 1. The van der Waals surface area contributed by atoms with Gasteiger partial charge in [0.25, 0.3) is 0 Å². The van der Waals surface area contributed by atoms with Crippen LogP contribution in [0.1, 0.15) is 13.3 Å². The molecule has 0 saturated carbocycles. The molecule has 1 aliphatic rings. The fourth-order valence-corrected chi connectivity index (χ4v) is 2.35. The van der Waals surface area contributed by atoms with Crippen molar-refractivity contribution in [1.82, 2.24) is 9.97 Å². The highest BCUT2D eigenvalue weighted by Crippen LogP contribution is 2.32. The summed E-state index contributed by atoms with van der Waals surface area (Å²) in [7, 11) is 1.60. The molecular formula is C11H17BrN4O. The Morgan fingerprint density at radius 1 is 1.65 bits per heavy atom. The standard InChI is InChI=1S/C11H17BrN4O/c1-11(6-13)3-4-16(7-11)10-14-5-8(12)9(15-10)17-2/h5H,3-4,6-7,13H2,1-2H3. The van der Waals surface area contributed by atoms with Crippen LogP contribution in [0.5, 0.6) is 5.88 Å². The van der Waals surface area contributed by atoms with E-state index in [1.165, 1.54) is 0 Å². The lowest BCUT2D eigenvalue weighted by molar-refractivity contribution is 0.381. The monoisotopic (exact) mass is 300 g/mol. The summed E-state index contributed by atoms with van der Waals surface area (Å²) in [6.07, 6.45) is 2.80. The van der Waals surface area contributed by atoms with E-state index in [1.807, 2.05) is 0 Å². The average Bonchev–Trinajstić information content (AvgIpc) is 2.73. The first-order chi connectivity index (χ1) is 8.08. The molecule has 94 valence electrons. The quantitative estimate of drug-likeness (QED) is 0.915. The van der Waals surface area contributed by atoms with Crippen molar-refractivity contribution in [2.45, 2.75) is 13.3 Å². The SMILES string of the molecule is COc1nc(N2CCC(C)(CN)C2)ncc1Br. The number of anilines is 1. The Kier molecular flexibility index (Phi) is 3.53. The van der Waals surface area contributed by atoms with Gasteiger partial charge in [0.2, 0.25) is 11.8 Å². The first-order valence-corrected chi connectivity index (χ1v) is 6.39. The van der Waals surface area contributed by atoms with Crippen LogP contribution in [0.2, 0.25) is 0 Å². The van der Waals surface area contributed by atoms with E-state index < -0.39 is 0 Å². The molecule has 2 rings (SSSR count). The third kappa shape index (κ3) is 2.52. The first-order valence-electron chi connectivity index (χ1n) is 5.59. The van der Waals surface area contributed by atoms with Gasteiger partial charge in [-0.15, -0.1) is 0 Å². The molecule has 1 aliphatic heterocycles. The average molecular weight is 301 g/mol. The number of hydrogen-bond donors (Lipinski definition) is 1. The fourth-order valence-electron chi connectivity index (χ4n) is 2.00. The van der Waals surface area contributed by atoms with E-state index in [1.54, 1.807) is 13.3 Å². The largest absolute Gasteiger partial charge is 0.480 e. The van der Waals surface area contributed by atoms with E-state index in [9.17, 15) is 0 Å². The van der Waals surface area contributed by atoms with Gasteiger partial charge in [-0.1, -0.05) is 6.92 Å². The molecule has 1 aromatic rings. The molecule has 0 bridgehead atoms. The van der Waals surface area contributed by atoms with Crippen molar-refractivity contribution in [2.75, 3.05) is 31.6 Å². The lowest BCUT2D eigenvalue weighted by Crippen LogP contribution is -2.31. The minimum atomic E-state index is 0.170. The van der Waals surface area contributed by atoms with E-state index in [0.717, 1.165) is 24.0 Å². The van der Waals surface area contributed by atoms with Gasteiger partial charge in [-0.25, -0.2) is 4.98 Å². The normalized spacial score (nSPS) is 24.1. The van der Waals surface area contributed by atoms with E-state index in [4.69, 9.17) is 10.5 Å². The van der Waals surface area contributed by atoms with Gasteiger partial charge in [-0.3, -0.25) is 0 Å². The van der Waals surface area contributed by atoms with Crippen LogP contribution in [-0.4, -0.2) is 36.7 Å². The number of hydrogen-bond acceptors (Lipinski definition) is 5. The van der Waals surface area contributed by atoms with E-state index in [0.29, 0.717) is 18.4 Å². The Bertz CT molecular complexity index is 414. The molecule has 1 atom stereocenters. The van der Waals surface area contributed by atoms with Crippen molar-refractivity contribution in [3.63, 3.8) is 0 Å². The Morgan fingerprint density at radius 2 is 2.41 bits per heavy atom. The zero-order chi connectivity index (χ0) is 12.5. The molecule has 2 N–H and O–H groups in total. The van der Waals surface area contributed by atoms with Gasteiger partial charge in [0.15, 0.2) is 0 Å². The fraction of sp³-hybridized carbons (Fsp3) is 0.636. The molecule has 5 nitrogen and oxygen atoms in total. The van der Waals surface area contributed by atoms with Crippen molar-refractivity contribution in [1.29, 1.82) is 0 Å². The highest BCUT2D eigenvalue weighted by Gasteiger charge is 2.33. The molecule has 0 radical (unpaired) electrons. The van der Waals surface area contributed by atoms with E-state index >= 15 is 0 Å². The molecule has 0 aromatic carbocycles. The van der Waals surface area contributed by atoms with E-state index in [-0.39, 0.29) is 5.41 Å². The number of nitrogens with zero attached hydrogens (tertiary/aromatic N) is 3. The summed E-state index contributed by atoms with van der Waals surface area (Å²) in [5, 5.41) is 0. The second-order valence-electron chi connectivity index (χ2n) is 4.71. The molecule has 1 fully saturated rings. The Morgan fingerprint density at radius 3 is 3.00 bits per heavy atom. The van der Waals surface area contributed by atoms with Gasteiger partial charge in [0.05, 0.1) is 17.8 Å². The number of aromatic nitrogens is 2. The van der Waals surface area contributed by atoms with Crippen LogP contribution in [-0.2, 0) is 0 Å². The van der Waals surface area contributed by atoms with Crippen molar-refractivity contribution in [2.24, 2.45) is 11.1 Å². The lowest BCUT2D eigenvalue weighted by atomic mass is 9.90.